The van der Waals surface area contributed by atoms with Crippen LogP contribution in [-0.2, 0) is 16.4 Å². The lowest BCUT2D eigenvalue weighted by molar-refractivity contribution is 0.583. The van der Waals surface area contributed by atoms with Crippen molar-refractivity contribution >= 4 is 15.7 Å². The van der Waals surface area contributed by atoms with Crippen LogP contribution >= 0.6 is 0 Å². The highest BCUT2D eigenvalue weighted by molar-refractivity contribution is 7.93. The molecular formula is C18H21NO2S. The lowest BCUT2D eigenvalue weighted by Gasteiger charge is -2.25. The maximum Gasteiger partial charge on any atom is 0.264 e. The Labute approximate surface area is 132 Å². The Morgan fingerprint density at radius 2 is 1.64 bits per heavy atom. The summed E-state index contributed by atoms with van der Waals surface area (Å²) in [6, 6.07) is 11.5. The summed E-state index contributed by atoms with van der Waals surface area (Å²) in [5.41, 5.74) is 4.84. The topological polar surface area (TPSA) is 37.4 Å². The third-order valence-corrected chi connectivity index (χ3v) is 6.54. The molecule has 0 fully saturated rings. The molecule has 3 nitrogen and oxygen atoms in total. The van der Waals surface area contributed by atoms with Crippen LogP contribution in [0.1, 0.15) is 29.2 Å². The van der Waals surface area contributed by atoms with Crippen molar-refractivity contribution in [3.63, 3.8) is 0 Å². The van der Waals surface area contributed by atoms with Gasteiger partial charge in [0.25, 0.3) is 10.0 Å². The number of anilines is 1. The zero-order valence-corrected chi connectivity index (χ0v) is 14.2. The van der Waals surface area contributed by atoms with E-state index in [2.05, 4.69) is 0 Å². The van der Waals surface area contributed by atoms with Crippen LogP contribution in [0.5, 0.6) is 0 Å². The first kappa shape index (κ1) is 15.1. The largest absolute Gasteiger partial charge is 0.264 e. The van der Waals surface area contributed by atoms with Crippen LogP contribution in [0, 0.1) is 20.8 Å². The van der Waals surface area contributed by atoms with Gasteiger partial charge in [-0.2, -0.15) is 0 Å². The number of rotatable bonds is 2. The Kier molecular flexibility index (Phi) is 3.52. The molecule has 0 spiro atoms. The van der Waals surface area contributed by atoms with Crippen molar-refractivity contribution in [3.05, 3.63) is 58.7 Å². The van der Waals surface area contributed by atoms with E-state index >= 15 is 0 Å². The molecule has 0 saturated heterocycles. The number of sulfonamides is 1. The van der Waals surface area contributed by atoms with Crippen molar-refractivity contribution in [1.29, 1.82) is 0 Å². The van der Waals surface area contributed by atoms with Crippen molar-refractivity contribution in [2.75, 3.05) is 4.31 Å². The molecule has 4 heteroatoms. The van der Waals surface area contributed by atoms with Gasteiger partial charge < -0.3 is 0 Å². The van der Waals surface area contributed by atoms with Crippen LogP contribution in [-0.4, -0.2) is 14.5 Å². The van der Waals surface area contributed by atoms with Gasteiger partial charge in [-0.15, -0.1) is 0 Å². The van der Waals surface area contributed by atoms with E-state index in [1.165, 1.54) is 0 Å². The summed E-state index contributed by atoms with van der Waals surface area (Å²) in [7, 11) is -3.54. The molecule has 2 aromatic rings. The smallest absolute Gasteiger partial charge is 0.263 e. The van der Waals surface area contributed by atoms with Crippen LogP contribution in [0.2, 0.25) is 0 Å². The van der Waals surface area contributed by atoms with E-state index in [-0.39, 0.29) is 6.04 Å². The zero-order chi connectivity index (χ0) is 16.1. The van der Waals surface area contributed by atoms with E-state index in [0.29, 0.717) is 4.90 Å². The van der Waals surface area contributed by atoms with Gasteiger partial charge in [-0.1, -0.05) is 24.3 Å². The Balaban J connectivity index is 2.17. The zero-order valence-electron chi connectivity index (χ0n) is 13.4. The highest BCUT2D eigenvalue weighted by Crippen LogP contribution is 2.37. The molecule has 0 unspecified atom stereocenters. The Bertz CT molecular complexity index is 840. The molecule has 0 aromatic heterocycles. The second kappa shape index (κ2) is 5.13. The molecule has 0 amide bonds. The fourth-order valence-electron chi connectivity index (χ4n) is 3.22. The lowest BCUT2D eigenvalue weighted by Crippen LogP contribution is -2.36. The Morgan fingerprint density at radius 3 is 2.36 bits per heavy atom. The fourth-order valence-corrected chi connectivity index (χ4v) is 5.21. The fraction of sp³-hybridized carbons (Fsp3) is 0.333. The average molecular weight is 315 g/mol. The van der Waals surface area contributed by atoms with Crippen molar-refractivity contribution in [2.45, 2.75) is 45.1 Å². The number of hydrogen-bond acceptors (Lipinski definition) is 2. The summed E-state index contributed by atoms with van der Waals surface area (Å²) in [5.74, 6) is 0. The second-order valence-corrected chi connectivity index (χ2v) is 7.97. The molecular weight excluding hydrogens is 294 g/mol. The molecule has 0 N–H and O–H groups in total. The number of nitrogens with zero attached hydrogens (tertiary/aromatic N) is 1. The van der Waals surface area contributed by atoms with Gasteiger partial charge in [-0.3, -0.25) is 4.31 Å². The monoisotopic (exact) mass is 315 g/mol. The third-order valence-electron chi connectivity index (χ3n) is 4.47. The molecule has 0 saturated carbocycles. The number of aryl methyl sites for hydroxylation is 3. The predicted octanol–water partition coefficient (Wildman–Crippen LogP) is 3.75. The third kappa shape index (κ3) is 2.22. The van der Waals surface area contributed by atoms with Gasteiger partial charge in [0.15, 0.2) is 0 Å². The first-order chi connectivity index (χ1) is 10.3. The number of benzene rings is 2. The molecule has 3 rings (SSSR count). The van der Waals surface area contributed by atoms with Gasteiger partial charge in [-0.25, -0.2) is 8.42 Å². The highest BCUT2D eigenvalue weighted by atomic mass is 32.2. The van der Waals surface area contributed by atoms with Crippen LogP contribution in [0.15, 0.2) is 41.3 Å². The Morgan fingerprint density at radius 1 is 1.00 bits per heavy atom. The summed E-state index contributed by atoms with van der Waals surface area (Å²) >= 11 is 0. The number of para-hydroxylation sites is 1. The minimum absolute atomic E-state index is 0.0524. The van der Waals surface area contributed by atoms with Crippen molar-refractivity contribution in [3.8, 4) is 0 Å². The summed E-state index contributed by atoms with van der Waals surface area (Å²) < 4.78 is 28.0. The Hall–Kier alpha value is -1.81. The second-order valence-electron chi connectivity index (χ2n) is 6.18. The first-order valence-corrected chi connectivity index (χ1v) is 8.96. The molecule has 1 aliphatic heterocycles. The minimum Gasteiger partial charge on any atom is -0.263 e. The highest BCUT2D eigenvalue weighted by Gasteiger charge is 2.36. The van der Waals surface area contributed by atoms with Crippen LogP contribution in [0.25, 0.3) is 0 Å². The standard InChI is InChI=1S/C18H21NO2S/c1-12-9-14(3)18(10-13(12)2)22(20,21)19-15(4)11-16-7-5-6-8-17(16)19/h5-10,15H,11H2,1-4H3/t15-/m0/s1. The predicted molar refractivity (Wildman–Crippen MR) is 89.9 cm³/mol. The van der Waals surface area contributed by atoms with Gasteiger partial charge >= 0.3 is 0 Å². The van der Waals surface area contributed by atoms with Crippen molar-refractivity contribution in [1.82, 2.24) is 0 Å². The van der Waals surface area contributed by atoms with E-state index in [1.807, 2.05) is 58.0 Å². The molecule has 22 heavy (non-hydrogen) atoms. The van der Waals surface area contributed by atoms with E-state index < -0.39 is 10.0 Å². The molecule has 0 aliphatic carbocycles. The summed E-state index contributed by atoms with van der Waals surface area (Å²) in [5, 5.41) is 0. The van der Waals surface area contributed by atoms with E-state index in [9.17, 15) is 8.42 Å². The molecule has 116 valence electrons. The van der Waals surface area contributed by atoms with E-state index in [4.69, 9.17) is 0 Å². The van der Waals surface area contributed by atoms with Gasteiger partial charge in [0.05, 0.1) is 10.6 Å². The van der Waals surface area contributed by atoms with Crippen LogP contribution < -0.4 is 4.31 Å². The molecule has 0 radical (unpaired) electrons. The molecule has 0 bridgehead atoms. The van der Waals surface area contributed by atoms with Crippen molar-refractivity contribution < 1.29 is 8.42 Å². The number of hydrogen-bond donors (Lipinski definition) is 0. The quantitative estimate of drug-likeness (QED) is 0.846. The maximum atomic E-state index is 13.2. The minimum atomic E-state index is -3.54. The van der Waals surface area contributed by atoms with Gasteiger partial charge in [-0.05, 0) is 68.5 Å². The van der Waals surface area contributed by atoms with E-state index in [0.717, 1.165) is 34.4 Å². The molecule has 1 heterocycles. The van der Waals surface area contributed by atoms with Crippen molar-refractivity contribution in [2.24, 2.45) is 0 Å². The van der Waals surface area contributed by atoms with Gasteiger partial charge in [0.1, 0.15) is 0 Å². The molecule has 1 atom stereocenters. The lowest BCUT2D eigenvalue weighted by atomic mass is 10.1. The number of fused-ring (bicyclic) bond motifs is 1. The van der Waals surface area contributed by atoms with Gasteiger partial charge in [0, 0.05) is 6.04 Å². The first-order valence-electron chi connectivity index (χ1n) is 7.52. The van der Waals surface area contributed by atoms with Gasteiger partial charge in [0.2, 0.25) is 0 Å². The van der Waals surface area contributed by atoms with E-state index in [1.54, 1.807) is 10.4 Å². The molecule has 1 aliphatic rings. The maximum absolute atomic E-state index is 13.2. The summed E-state index contributed by atoms with van der Waals surface area (Å²) in [6.45, 7) is 7.79. The van der Waals surface area contributed by atoms with Crippen LogP contribution in [0.3, 0.4) is 0 Å². The summed E-state index contributed by atoms with van der Waals surface area (Å²) in [6.07, 6.45) is 0.763. The average Bonchev–Trinajstić information content (AvgIpc) is 2.79. The SMILES string of the molecule is Cc1cc(C)c(S(=O)(=O)N2c3ccccc3C[C@@H]2C)cc1C. The van der Waals surface area contributed by atoms with Crippen LogP contribution in [0.4, 0.5) is 5.69 Å². The normalized spacial score (nSPS) is 17.6. The summed E-state index contributed by atoms with van der Waals surface area (Å²) in [4.78, 5) is 0.416. The molecule has 2 aromatic carbocycles.